The Balaban J connectivity index is 1.71. The van der Waals surface area contributed by atoms with E-state index in [4.69, 9.17) is 11.6 Å². The summed E-state index contributed by atoms with van der Waals surface area (Å²) in [6.07, 6.45) is 0.729. The van der Waals surface area contributed by atoms with Gasteiger partial charge in [0.2, 0.25) is 5.91 Å². The summed E-state index contributed by atoms with van der Waals surface area (Å²) in [4.78, 5) is 40.8. The Bertz CT molecular complexity index is 1610. The van der Waals surface area contributed by atoms with Crippen molar-refractivity contribution in [1.82, 2.24) is 14.8 Å². The van der Waals surface area contributed by atoms with Crippen molar-refractivity contribution in [2.75, 3.05) is 19.6 Å². The SMILES string of the molecule is Cc1cccc(C)c1-c1cc(Cl)c(F)c([C@H](CC(=O)O)NC(=O)C(CC(C)C)n2cc(CCN3CC[C@@H](F)C3)cc(F)c2=O)c1. The van der Waals surface area contributed by atoms with Gasteiger partial charge in [-0.25, -0.2) is 13.2 Å². The molecule has 2 N–H and O–H groups in total. The van der Waals surface area contributed by atoms with Crippen LogP contribution in [0, 0.1) is 31.4 Å². The largest absolute Gasteiger partial charge is 0.481 e. The van der Waals surface area contributed by atoms with E-state index in [1.165, 1.54) is 18.3 Å². The molecule has 0 spiro atoms. The molecule has 0 radical (unpaired) electrons. The lowest BCUT2D eigenvalue weighted by molar-refractivity contribution is -0.138. The Morgan fingerprint density at radius 1 is 1.13 bits per heavy atom. The molecule has 45 heavy (non-hydrogen) atoms. The normalized spacial score (nSPS) is 16.6. The van der Waals surface area contributed by atoms with Crippen molar-refractivity contribution in [3.8, 4) is 11.1 Å². The van der Waals surface area contributed by atoms with Gasteiger partial charge in [0, 0.05) is 31.4 Å². The molecule has 2 heterocycles. The number of pyridine rings is 1. The fraction of sp³-hybridized carbons (Fsp3) is 0.441. The van der Waals surface area contributed by atoms with Gasteiger partial charge in [0.1, 0.15) is 18.0 Å². The Kier molecular flexibility index (Phi) is 11.1. The van der Waals surface area contributed by atoms with Gasteiger partial charge in [0.15, 0.2) is 5.82 Å². The van der Waals surface area contributed by atoms with Crippen LogP contribution in [-0.2, 0) is 16.0 Å². The van der Waals surface area contributed by atoms with Gasteiger partial charge in [-0.2, -0.15) is 0 Å². The molecule has 1 amide bonds. The molecule has 0 saturated carbocycles. The highest BCUT2D eigenvalue weighted by atomic mass is 35.5. The zero-order valence-corrected chi connectivity index (χ0v) is 26.6. The summed E-state index contributed by atoms with van der Waals surface area (Å²) >= 11 is 6.31. The highest BCUT2D eigenvalue weighted by Crippen LogP contribution is 2.35. The Morgan fingerprint density at radius 3 is 2.42 bits per heavy atom. The number of halogens is 4. The zero-order chi connectivity index (χ0) is 33.0. The number of rotatable bonds is 12. The van der Waals surface area contributed by atoms with Crippen LogP contribution in [0.4, 0.5) is 13.2 Å². The van der Waals surface area contributed by atoms with Crippen LogP contribution in [0.2, 0.25) is 5.02 Å². The molecule has 3 aromatic rings. The third-order valence-electron chi connectivity index (χ3n) is 8.22. The zero-order valence-electron chi connectivity index (χ0n) is 25.9. The molecule has 1 unspecified atom stereocenters. The maximum Gasteiger partial charge on any atom is 0.305 e. The van der Waals surface area contributed by atoms with Crippen molar-refractivity contribution in [3.63, 3.8) is 0 Å². The number of amides is 1. The van der Waals surface area contributed by atoms with Crippen molar-refractivity contribution in [2.24, 2.45) is 5.92 Å². The third-order valence-corrected chi connectivity index (χ3v) is 8.49. The van der Waals surface area contributed by atoms with E-state index in [2.05, 4.69) is 5.32 Å². The number of carboxylic acid groups (broad SMARTS) is 1. The van der Waals surface area contributed by atoms with Crippen LogP contribution in [-0.4, -0.2) is 52.3 Å². The van der Waals surface area contributed by atoms with Crippen LogP contribution < -0.4 is 10.9 Å². The van der Waals surface area contributed by atoms with Crippen molar-refractivity contribution in [2.45, 2.75) is 71.6 Å². The number of carboxylic acids is 1. The summed E-state index contributed by atoms with van der Waals surface area (Å²) in [5, 5.41) is 12.1. The van der Waals surface area contributed by atoms with E-state index in [1.54, 1.807) is 0 Å². The first kappa shape index (κ1) is 34.2. The Labute approximate surface area is 266 Å². The molecule has 1 aliphatic rings. The van der Waals surface area contributed by atoms with E-state index in [9.17, 15) is 28.3 Å². The monoisotopic (exact) mass is 645 g/mol. The first-order valence-electron chi connectivity index (χ1n) is 15.1. The van der Waals surface area contributed by atoms with Crippen molar-refractivity contribution < 1.29 is 27.9 Å². The van der Waals surface area contributed by atoms with E-state index >= 15 is 4.39 Å². The van der Waals surface area contributed by atoms with Crippen LogP contribution in [0.15, 0.2) is 47.4 Å². The van der Waals surface area contributed by atoms with Gasteiger partial charge in [-0.1, -0.05) is 43.6 Å². The average Bonchev–Trinajstić information content (AvgIpc) is 3.38. The molecule has 1 aromatic heterocycles. The molecule has 7 nitrogen and oxygen atoms in total. The molecule has 0 aliphatic carbocycles. The molecule has 1 fully saturated rings. The predicted octanol–water partition coefficient (Wildman–Crippen LogP) is 6.57. The number of carbonyl (C=O) groups is 2. The highest BCUT2D eigenvalue weighted by molar-refractivity contribution is 6.31. The minimum Gasteiger partial charge on any atom is -0.481 e. The molecular formula is C34H39ClF3N3O4. The summed E-state index contributed by atoms with van der Waals surface area (Å²) < 4.78 is 45.2. The first-order valence-corrected chi connectivity index (χ1v) is 15.5. The summed E-state index contributed by atoms with van der Waals surface area (Å²) in [5.41, 5.74) is 2.47. The number of likely N-dealkylation sites (tertiary alicyclic amines) is 1. The smallest absolute Gasteiger partial charge is 0.305 e. The number of benzene rings is 2. The minimum absolute atomic E-state index is 0.121. The highest BCUT2D eigenvalue weighted by Gasteiger charge is 2.30. The van der Waals surface area contributed by atoms with E-state index in [-0.39, 0.29) is 29.5 Å². The van der Waals surface area contributed by atoms with Gasteiger partial charge in [-0.3, -0.25) is 14.4 Å². The summed E-state index contributed by atoms with van der Waals surface area (Å²) in [5.74, 6) is -4.10. The summed E-state index contributed by atoms with van der Waals surface area (Å²) in [6, 6.07) is 7.16. The van der Waals surface area contributed by atoms with Crippen LogP contribution in [0.3, 0.4) is 0 Å². The number of hydrogen-bond acceptors (Lipinski definition) is 4. The number of alkyl halides is 1. The lowest BCUT2D eigenvalue weighted by Crippen LogP contribution is -2.41. The first-order chi connectivity index (χ1) is 21.2. The standard InChI is InChI=1S/C34H39ClF3N3O4/c1-19(2)12-29(41-17-22(13-27(37)34(41)45)8-10-40-11-9-24(36)18-40)33(44)39-28(16-30(42)43)25-14-23(15-26(35)32(25)38)31-20(3)6-5-7-21(31)4/h5-7,13-15,17,19,24,28-29H,8-12,16,18H2,1-4H3,(H,39,44)(H,42,43)/t24-,28+,29?/m1/s1. The maximum absolute atomic E-state index is 15.6. The second-order valence-corrected chi connectivity index (χ2v) is 12.7. The quantitative estimate of drug-likeness (QED) is 0.233. The molecule has 11 heteroatoms. The van der Waals surface area contributed by atoms with Crippen LogP contribution >= 0.6 is 11.6 Å². The molecule has 242 valence electrons. The second kappa shape index (κ2) is 14.6. The molecule has 4 rings (SSSR count). The molecule has 1 aliphatic heterocycles. The Morgan fingerprint density at radius 2 is 1.82 bits per heavy atom. The molecule has 2 aromatic carbocycles. The number of carbonyl (C=O) groups excluding carboxylic acids is 1. The van der Waals surface area contributed by atoms with Crippen LogP contribution in [0.25, 0.3) is 11.1 Å². The second-order valence-electron chi connectivity index (χ2n) is 12.3. The molecule has 1 saturated heterocycles. The van der Waals surface area contributed by atoms with E-state index in [1.807, 2.05) is 50.8 Å². The van der Waals surface area contributed by atoms with Gasteiger partial charge >= 0.3 is 5.97 Å². The number of hydrogen-bond donors (Lipinski definition) is 2. The fourth-order valence-electron chi connectivity index (χ4n) is 6.02. The Hall–Kier alpha value is -3.63. The van der Waals surface area contributed by atoms with Crippen LogP contribution in [0.5, 0.6) is 0 Å². The minimum atomic E-state index is -1.35. The van der Waals surface area contributed by atoms with Gasteiger partial charge in [-0.15, -0.1) is 0 Å². The molecule has 3 atom stereocenters. The predicted molar refractivity (Wildman–Crippen MR) is 168 cm³/mol. The topological polar surface area (TPSA) is 91.6 Å². The van der Waals surface area contributed by atoms with Crippen molar-refractivity contribution in [3.05, 3.63) is 91.9 Å². The molecule has 0 bridgehead atoms. The number of nitrogens with one attached hydrogen (secondary N) is 1. The van der Waals surface area contributed by atoms with Crippen molar-refractivity contribution in [1.29, 1.82) is 0 Å². The summed E-state index contributed by atoms with van der Waals surface area (Å²) in [7, 11) is 0. The lowest BCUT2D eigenvalue weighted by atomic mass is 9.92. The van der Waals surface area contributed by atoms with E-state index < -0.39 is 53.7 Å². The van der Waals surface area contributed by atoms with Gasteiger partial charge in [0.25, 0.3) is 5.56 Å². The number of aryl methyl sites for hydroxylation is 2. The van der Waals surface area contributed by atoms with E-state index in [0.29, 0.717) is 37.1 Å². The number of aliphatic carboxylic acids is 1. The van der Waals surface area contributed by atoms with Gasteiger partial charge in [0.05, 0.1) is 17.5 Å². The van der Waals surface area contributed by atoms with Crippen LogP contribution in [0.1, 0.15) is 67.4 Å². The fourth-order valence-corrected chi connectivity index (χ4v) is 6.25. The lowest BCUT2D eigenvalue weighted by Gasteiger charge is -2.26. The third kappa shape index (κ3) is 8.35. The maximum atomic E-state index is 15.6. The van der Waals surface area contributed by atoms with Gasteiger partial charge < -0.3 is 19.9 Å². The number of aromatic nitrogens is 1. The molecular weight excluding hydrogens is 607 g/mol. The summed E-state index contributed by atoms with van der Waals surface area (Å²) in [6.45, 7) is 8.76. The average molecular weight is 646 g/mol. The number of nitrogens with zero attached hydrogens (tertiary/aromatic N) is 2. The van der Waals surface area contributed by atoms with E-state index in [0.717, 1.165) is 27.3 Å². The van der Waals surface area contributed by atoms with Crippen molar-refractivity contribution >= 4 is 23.5 Å². The van der Waals surface area contributed by atoms with Gasteiger partial charge in [-0.05, 0) is 85.0 Å².